The molecule has 3 aromatic rings. The lowest BCUT2D eigenvalue weighted by Crippen LogP contribution is -2.21. The summed E-state index contributed by atoms with van der Waals surface area (Å²) in [6.07, 6.45) is 0. The first-order chi connectivity index (χ1) is 8.56. The molecule has 3 heterocycles. The van der Waals surface area contributed by atoms with Crippen LogP contribution in [-0.2, 0) is 0 Å². The Balaban J connectivity index is 2.32. The number of hydrogen-bond acceptors (Lipinski definition) is 4. The second-order valence-corrected chi connectivity index (χ2v) is 5.04. The number of thiophene rings is 1. The van der Waals surface area contributed by atoms with E-state index >= 15 is 0 Å². The highest BCUT2D eigenvalue weighted by molar-refractivity contribution is 7.14. The van der Waals surface area contributed by atoms with Crippen LogP contribution in [0.15, 0.2) is 15.0 Å². The van der Waals surface area contributed by atoms with Crippen molar-refractivity contribution in [1.29, 1.82) is 0 Å². The molecule has 0 aromatic carbocycles. The molecule has 0 unspecified atom stereocenters. The molecule has 0 fully saturated rings. The molecule has 0 bridgehead atoms. The summed E-state index contributed by atoms with van der Waals surface area (Å²) < 4.78 is 0. The summed E-state index contributed by atoms with van der Waals surface area (Å²) in [6.45, 7) is 1.89. The molecule has 0 saturated heterocycles. The topological polar surface area (TPSA) is 94.4 Å². The predicted octanol–water partition coefficient (Wildman–Crippen LogP) is 1.63. The highest BCUT2D eigenvalue weighted by Gasteiger charge is 2.14. The monoisotopic (exact) mass is 282 g/mol. The molecular weight excluding hydrogens is 276 g/mol. The Morgan fingerprint density at radius 2 is 2.06 bits per heavy atom. The molecule has 6 nitrogen and oxygen atoms in total. The average Bonchev–Trinajstić information content (AvgIpc) is 2.84. The van der Waals surface area contributed by atoms with Crippen molar-refractivity contribution in [3.8, 4) is 10.7 Å². The minimum atomic E-state index is -0.584. The smallest absolute Gasteiger partial charge is 0.327 e. The molecule has 0 aliphatic rings. The molecule has 3 rings (SSSR count). The number of fused-ring (bicyclic) bond motifs is 1. The molecule has 3 N–H and O–H groups in total. The standard InChI is InChI=1S/C10H7ClN4O2S/c1-3-2-18-6(4(3)11)8-12-5-7(13-8)14-10(17)15-9(5)16/h2H,1H3,(H3,12,13,14,15,16,17). The van der Waals surface area contributed by atoms with Crippen molar-refractivity contribution >= 4 is 34.1 Å². The van der Waals surface area contributed by atoms with Crippen LogP contribution in [0.1, 0.15) is 5.56 Å². The van der Waals surface area contributed by atoms with Gasteiger partial charge in [-0.05, 0) is 17.9 Å². The molecule has 0 radical (unpaired) electrons. The van der Waals surface area contributed by atoms with Crippen LogP contribution in [0.5, 0.6) is 0 Å². The fourth-order valence-corrected chi connectivity index (χ4v) is 2.86. The second kappa shape index (κ2) is 3.82. The lowest BCUT2D eigenvalue weighted by Gasteiger charge is -1.91. The van der Waals surface area contributed by atoms with Gasteiger partial charge in [0.2, 0.25) is 0 Å². The maximum absolute atomic E-state index is 11.6. The van der Waals surface area contributed by atoms with Crippen molar-refractivity contribution in [2.45, 2.75) is 6.92 Å². The summed E-state index contributed by atoms with van der Waals surface area (Å²) in [5.41, 5.74) is 0.308. The zero-order chi connectivity index (χ0) is 12.9. The zero-order valence-electron chi connectivity index (χ0n) is 9.13. The van der Waals surface area contributed by atoms with E-state index in [-0.39, 0.29) is 11.2 Å². The van der Waals surface area contributed by atoms with E-state index in [0.717, 1.165) is 10.4 Å². The maximum atomic E-state index is 11.6. The Kier molecular flexibility index (Phi) is 2.39. The van der Waals surface area contributed by atoms with Gasteiger partial charge in [-0.15, -0.1) is 11.3 Å². The molecule has 0 atom stereocenters. The van der Waals surface area contributed by atoms with Gasteiger partial charge >= 0.3 is 5.69 Å². The van der Waals surface area contributed by atoms with Crippen LogP contribution in [0.2, 0.25) is 5.02 Å². The van der Waals surface area contributed by atoms with Gasteiger partial charge < -0.3 is 4.98 Å². The third-order valence-corrected chi connectivity index (χ3v) is 4.21. The van der Waals surface area contributed by atoms with Crippen LogP contribution in [-0.4, -0.2) is 19.9 Å². The van der Waals surface area contributed by atoms with Gasteiger partial charge in [0, 0.05) is 0 Å². The van der Waals surface area contributed by atoms with Crippen molar-refractivity contribution < 1.29 is 0 Å². The van der Waals surface area contributed by atoms with Gasteiger partial charge in [0.15, 0.2) is 11.5 Å². The highest BCUT2D eigenvalue weighted by Crippen LogP contribution is 2.34. The van der Waals surface area contributed by atoms with E-state index < -0.39 is 11.2 Å². The van der Waals surface area contributed by atoms with Crippen molar-refractivity contribution in [2.24, 2.45) is 0 Å². The lowest BCUT2D eigenvalue weighted by atomic mass is 10.3. The maximum Gasteiger partial charge on any atom is 0.327 e. The summed E-state index contributed by atoms with van der Waals surface area (Å²) in [6, 6.07) is 0. The van der Waals surface area contributed by atoms with E-state index in [1.807, 2.05) is 12.3 Å². The third-order valence-electron chi connectivity index (χ3n) is 2.50. The van der Waals surface area contributed by atoms with E-state index in [1.165, 1.54) is 11.3 Å². The number of aryl methyl sites for hydroxylation is 1. The summed E-state index contributed by atoms with van der Waals surface area (Å²) in [4.78, 5) is 35.1. The molecule has 0 aliphatic heterocycles. The first kappa shape index (κ1) is 11.2. The van der Waals surface area contributed by atoms with E-state index in [1.54, 1.807) is 0 Å². The number of aromatic amines is 3. The zero-order valence-corrected chi connectivity index (χ0v) is 10.7. The summed E-state index contributed by atoms with van der Waals surface area (Å²) >= 11 is 7.56. The van der Waals surface area contributed by atoms with Gasteiger partial charge in [-0.1, -0.05) is 11.6 Å². The Labute approximate surface area is 109 Å². The minimum absolute atomic E-state index is 0.223. The van der Waals surface area contributed by atoms with Gasteiger partial charge in [0.1, 0.15) is 5.52 Å². The van der Waals surface area contributed by atoms with Crippen LogP contribution in [0.25, 0.3) is 21.9 Å². The molecule has 0 aliphatic carbocycles. The molecule has 3 aromatic heterocycles. The van der Waals surface area contributed by atoms with E-state index in [0.29, 0.717) is 10.8 Å². The van der Waals surface area contributed by atoms with Crippen LogP contribution < -0.4 is 11.2 Å². The van der Waals surface area contributed by atoms with E-state index in [9.17, 15) is 9.59 Å². The Morgan fingerprint density at radius 1 is 1.28 bits per heavy atom. The second-order valence-electron chi connectivity index (χ2n) is 3.78. The van der Waals surface area contributed by atoms with Crippen LogP contribution in [0.3, 0.4) is 0 Å². The molecule has 92 valence electrons. The summed E-state index contributed by atoms with van der Waals surface area (Å²) in [5.74, 6) is 0.473. The fraction of sp³-hybridized carbons (Fsp3) is 0.100. The number of hydrogen-bond donors (Lipinski definition) is 3. The minimum Gasteiger partial charge on any atom is -0.331 e. The molecule has 0 spiro atoms. The highest BCUT2D eigenvalue weighted by atomic mass is 35.5. The fourth-order valence-electron chi connectivity index (χ4n) is 1.63. The van der Waals surface area contributed by atoms with Crippen molar-refractivity contribution in [3.63, 3.8) is 0 Å². The number of aromatic nitrogens is 4. The third kappa shape index (κ3) is 1.59. The molecule has 0 amide bonds. The van der Waals surface area contributed by atoms with Gasteiger partial charge in [-0.3, -0.25) is 14.8 Å². The number of rotatable bonds is 1. The summed E-state index contributed by atoms with van der Waals surface area (Å²) in [5, 5.41) is 2.50. The van der Waals surface area contributed by atoms with Gasteiger partial charge in [-0.25, -0.2) is 9.78 Å². The van der Waals surface area contributed by atoms with Crippen LogP contribution >= 0.6 is 22.9 Å². The average molecular weight is 283 g/mol. The number of imidazole rings is 1. The Hall–Kier alpha value is -1.86. The van der Waals surface area contributed by atoms with Gasteiger partial charge in [0.25, 0.3) is 5.56 Å². The molecule has 8 heteroatoms. The first-order valence-corrected chi connectivity index (χ1v) is 6.28. The van der Waals surface area contributed by atoms with Crippen molar-refractivity contribution in [2.75, 3.05) is 0 Å². The van der Waals surface area contributed by atoms with Crippen LogP contribution in [0.4, 0.5) is 0 Å². The lowest BCUT2D eigenvalue weighted by molar-refractivity contribution is 1.07. The summed E-state index contributed by atoms with van der Waals surface area (Å²) in [7, 11) is 0. The normalized spacial score (nSPS) is 11.2. The van der Waals surface area contributed by atoms with E-state index in [4.69, 9.17) is 11.6 Å². The Morgan fingerprint density at radius 3 is 2.72 bits per heavy atom. The number of halogens is 1. The molecular formula is C10H7ClN4O2S. The Bertz CT molecular complexity index is 857. The first-order valence-electron chi connectivity index (χ1n) is 5.02. The quantitative estimate of drug-likeness (QED) is 0.633. The van der Waals surface area contributed by atoms with Crippen molar-refractivity contribution in [1.82, 2.24) is 19.9 Å². The predicted molar refractivity (Wildman–Crippen MR) is 70.4 cm³/mol. The number of H-pyrrole nitrogens is 3. The number of nitrogens with one attached hydrogen (secondary N) is 3. The van der Waals surface area contributed by atoms with E-state index in [2.05, 4.69) is 19.9 Å². The van der Waals surface area contributed by atoms with Crippen LogP contribution in [0, 0.1) is 6.92 Å². The SMILES string of the molecule is Cc1csc(-c2nc3[nH]c(=O)[nH]c(=O)c3[nH]2)c1Cl. The van der Waals surface area contributed by atoms with Gasteiger partial charge in [-0.2, -0.15) is 0 Å². The van der Waals surface area contributed by atoms with Crippen molar-refractivity contribution in [3.05, 3.63) is 36.8 Å². The number of nitrogens with zero attached hydrogens (tertiary/aromatic N) is 1. The molecule has 18 heavy (non-hydrogen) atoms. The largest absolute Gasteiger partial charge is 0.331 e. The van der Waals surface area contributed by atoms with Gasteiger partial charge in [0.05, 0.1) is 9.90 Å². The molecule has 0 saturated carbocycles.